The number of aromatic carboxylic acids is 1. The summed E-state index contributed by atoms with van der Waals surface area (Å²) in [5, 5.41) is 9.88. The number of esters is 1. The van der Waals surface area contributed by atoms with Gasteiger partial charge in [0.05, 0.1) is 12.0 Å². The molecule has 34 heavy (non-hydrogen) atoms. The quantitative estimate of drug-likeness (QED) is 0.460. The number of fused-ring (bicyclic) bond motifs is 6. The van der Waals surface area contributed by atoms with Crippen LogP contribution in [0.5, 0.6) is 5.75 Å². The minimum absolute atomic E-state index is 0.00331. The van der Waals surface area contributed by atoms with Crippen molar-refractivity contribution in [1.82, 2.24) is 0 Å². The van der Waals surface area contributed by atoms with E-state index in [1.54, 1.807) is 7.11 Å². The molecule has 3 aliphatic carbocycles. The lowest BCUT2D eigenvalue weighted by Crippen LogP contribution is -2.56. The molecule has 6 heteroatoms. The van der Waals surface area contributed by atoms with Crippen molar-refractivity contribution in [2.75, 3.05) is 20.3 Å². The summed E-state index contributed by atoms with van der Waals surface area (Å²) >= 11 is 0. The van der Waals surface area contributed by atoms with Gasteiger partial charge < -0.3 is 19.3 Å². The first kappa shape index (κ1) is 23.7. The second kappa shape index (κ2) is 8.25. The second-order valence-corrected chi connectivity index (χ2v) is 11.9. The Morgan fingerprint density at radius 2 is 1.88 bits per heavy atom. The van der Waals surface area contributed by atoms with E-state index in [2.05, 4.69) is 6.92 Å². The van der Waals surface area contributed by atoms with E-state index in [0.29, 0.717) is 36.7 Å². The van der Waals surface area contributed by atoms with Crippen LogP contribution in [0.25, 0.3) is 0 Å². The fraction of sp³-hybridized carbons (Fsp3) is 0.714. The van der Waals surface area contributed by atoms with Crippen LogP contribution in [0.4, 0.5) is 0 Å². The number of carbonyl (C=O) groups is 2. The summed E-state index contributed by atoms with van der Waals surface area (Å²) in [6.07, 6.45) is 7.94. The highest BCUT2D eigenvalue weighted by atomic mass is 16.6. The van der Waals surface area contributed by atoms with Crippen LogP contribution >= 0.6 is 0 Å². The fourth-order valence-electron chi connectivity index (χ4n) is 7.77. The van der Waals surface area contributed by atoms with Gasteiger partial charge in [-0.05, 0) is 106 Å². The zero-order chi connectivity index (χ0) is 24.3. The van der Waals surface area contributed by atoms with Crippen LogP contribution < -0.4 is 4.74 Å². The topological polar surface area (TPSA) is 82.1 Å². The summed E-state index contributed by atoms with van der Waals surface area (Å²) < 4.78 is 17.2. The summed E-state index contributed by atoms with van der Waals surface area (Å²) in [7, 11) is 1.60. The van der Waals surface area contributed by atoms with Gasteiger partial charge >= 0.3 is 11.9 Å². The van der Waals surface area contributed by atoms with Crippen LogP contribution in [-0.2, 0) is 20.7 Å². The SMILES string of the molecule is COCCOc1cc2c(cc1C(=O)O)C1CCC3(C)C(CC[C@@]34CCC(C)(C)C(=O)O4)C1CC2. The molecule has 2 saturated carbocycles. The zero-order valence-electron chi connectivity index (χ0n) is 20.9. The van der Waals surface area contributed by atoms with Crippen LogP contribution in [0.15, 0.2) is 12.1 Å². The molecule has 1 heterocycles. The molecule has 4 aliphatic rings. The number of methoxy groups -OCH3 is 1. The van der Waals surface area contributed by atoms with E-state index in [1.807, 2.05) is 26.0 Å². The average molecular weight is 471 g/mol. The van der Waals surface area contributed by atoms with Crippen LogP contribution in [0.3, 0.4) is 0 Å². The Balaban J connectivity index is 1.43. The van der Waals surface area contributed by atoms with E-state index in [1.165, 1.54) is 11.1 Å². The number of carbonyl (C=O) groups excluding carboxylic acids is 1. The van der Waals surface area contributed by atoms with Crippen LogP contribution in [-0.4, -0.2) is 43.0 Å². The molecule has 5 rings (SSSR count). The second-order valence-electron chi connectivity index (χ2n) is 11.9. The van der Waals surface area contributed by atoms with Gasteiger partial charge in [0, 0.05) is 12.5 Å². The van der Waals surface area contributed by atoms with Gasteiger partial charge in [0.15, 0.2) is 0 Å². The number of benzene rings is 1. The van der Waals surface area contributed by atoms with Crippen LogP contribution in [0.1, 0.15) is 93.1 Å². The summed E-state index contributed by atoms with van der Waals surface area (Å²) in [6.45, 7) is 7.13. The predicted molar refractivity (Wildman–Crippen MR) is 127 cm³/mol. The van der Waals surface area contributed by atoms with Gasteiger partial charge in [0.25, 0.3) is 0 Å². The normalized spacial score (nSPS) is 35.8. The Morgan fingerprint density at radius 1 is 1.09 bits per heavy atom. The molecule has 1 N–H and O–H groups in total. The first-order chi connectivity index (χ1) is 16.1. The van der Waals surface area contributed by atoms with E-state index in [9.17, 15) is 14.7 Å². The van der Waals surface area contributed by atoms with Gasteiger partial charge in [0.2, 0.25) is 0 Å². The van der Waals surface area contributed by atoms with Crippen molar-refractivity contribution >= 4 is 11.9 Å². The Kier molecular flexibility index (Phi) is 5.74. The molecular formula is C28H38O6. The average Bonchev–Trinajstić information content (AvgIpc) is 3.08. The molecule has 186 valence electrons. The van der Waals surface area contributed by atoms with Crippen molar-refractivity contribution in [2.45, 2.75) is 83.7 Å². The highest BCUT2D eigenvalue weighted by Crippen LogP contribution is 2.67. The molecule has 5 atom stereocenters. The minimum atomic E-state index is -0.949. The molecular weight excluding hydrogens is 432 g/mol. The minimum Gasteiger partial charge on any atom is -0.490 e. The lowest BCUT2D eigenvalue weighted by atomic mass is 9.52. The number of hydrogen-bond acceptors (Lipinski definition) is 5. The highest BCUT2D eigenvalue weighted by molar-refractivity contribution is 5.91. The lowest BCUT2D eigenvalue weighted by molar-refractivity contribution is -0.206. The van der Waals surface area contributed by atoms with Crippen molar-refractivity contribution in [3.05, 3.63) is 28.8 Å². The molecule has 1 spiro atoms. The fourth-order valence-corrected chi connectivity index (χ4v) is 7.77. The van der Waals surface area contributed by atoms with Gasteiger partial charge in [-0.15, -0.1) is 0 Å². The van der Waals surface area contributed by atoms with Crippen molar-refractivity contribution in [1.29, 1.82) is 0 Å². The molecule has 3 fully saturated rings. The van der Waals surface area contributed by atoms with Crippen LogP contribution in [0, 0.1) is 22.7 Å². The smallest absolute Gasteiger partial charge is 0.339 e. The molecule has 1 aromatic rings. The van der Waals surface area contributed by atoms with Gasteiger partial charge in [-0.2, -0.15) is 0 Å². The number of rotatable bonds is 5. The van der Waals surface area contributed by atoms with E-state index < -0.39 is 11.4 Å². The maximum Gasteiger partial charge on any atom is 0.339 e. The third kappa shape index (κ3) is 3.47. The Labute approximate surface area is 202 Å². The third-order valence-electron chi connectivity index (χ3n) is 9.88. The predicted octanol–water partition coefficient (Wildman–Crippen LogP) is 5.37. The molecule has 4 unspecified atom stereocenters. The third-order valence-corrected chi connectivity index (χ3v) is 9.88. The molecule has 1 aliphatic heterocycles. The molecule has 0 radical (unpaired) electrons. The zero-order valence-corrected chi connectivity index (χ0v) is 20.9. The largest absolute Gasteiger partial charge is 0.490 e. The Bertz CT molecular complexity index is 999. The van der Waals surface area contributed by atoms with Gasteiger partial charge in [-0.25, -0.2) is 4.79 Å². The number of aryl methyl sites for hydroxylation is 1. The molecule has 0 amide bonds. The monoisotopic (exact) mass is 470 g/mol. The molecule has 0 bridgehead atoms. The Morgan fingerprint density at radius 3 is 2.59 bits per heavy atom. The van der Waals surface area contributed by atoms with Crippen molar-refractivity contribution in [3.8, 4) is 5.75 Å². The molecule has 6 nitrogen and oxygen atoms in total. The maximum atomic E-state index is 12.9. The lowest BCUT2D eigenvalue weighted by Gasteiger charge is -2.56. The number of carboxylic acid groups (broad SMARTS) is 1. The van der Waals surface area contributed by atoms with E-state index in [-0.39, 0.29) is 22.5 Å². The van der Waals surface area contributed by atoms with E-state index in [0.717, 1.165) is 51.4 Å². The highest BCUT2D eigenvalue weighted by Gasteiger charge is 2.65. The summed E-state index contributed by atoms with van der Waals surface area (Å²) in [4.78, 5) is 24.9. The van der Waals surface area contributed by atoms with Crippen molar-refractivity contribution in [2.24, 2.45) is 22.7 Å². The molecule has 0 aromatic heterocycles. The standard InChI is InChI=1S/C28H38O6/c1-26(2)11-12-28(34-25(26)31)10-8-22-19-6-5-17-15-23(33-14-13-32-4)21(24(29)30)16-20(17)18(19)7-9-27(22,28)3/h15-16,18-19,22H,5-14H2,1-4H3,(H,29,30)/t18?,19?,22?,27?,28-/m1/s1. The summed E-state index contributed by atoms with van der Waals surface area (Å²) in [5.41, 5.74) is 1.93. The van der Waals surface area contributed by atoms with Crippen molar-refractivity contribution in [3.63, 3.8) is 0 Å². The first-order valence-electron chi connectivity index (χ1n) is 12.9. The van der Waals surface area contributed by atoms with Crippen LogP contribution in [0.2, 0.25) is 0 Å². The number of hydrogen-bond donors (Lipinski definition) is 1. The van der Waals surface area contributed by atoms with E-state index >= 15 is 0 Å². The van der Waals surface area contributed by atoms with Gasteiger partial charge in [-0.1, -0.05) is 6.92 Å². The maximum absolute atomic E-state index is 12.9. The summed E-state index contributed by atoms with van der Waals surface area (Å²) in [6, 6.07) is 3.84. The number of carboxylic acids is 1. The first-order valence-corrected chi connectivity index (χ1v) is 12.9. The van der Waals surface area contributed by atoms with E-state index in [4.69, 9.17) is 14.2 Å². The van der Waals surface area contributed by atoms with Gasteiger partial charge in [-0.3, -0.25) is 4.79 Å². The number of ether oxygens (including phenoxy) is 3. The van der Waals surface area contributed by atoms with Crippen molar-refractivity contribution < 1.29 is 28.9 Å². The summed E-state index contributed by atoms with van der Waals surface area (Å²) in [5.74, 6) is 0.816. The Hall–Kier alpha value is -2.08. The molecule has 1 aromatic carbocycles. The van der Waals surface area contributed by atoms with Gasteiger partial charge in [0.1, 0.15) is 23.5 Å². The molecule has 1 saturated heterocycles.